The van der Waals surface area contributed by atoms with Crippen molar-refractivity contribution in [3.63, 3.8) is 0 Å². The van der Waals surface area contributed by atoms with Crippen LogP contribution in [-0.4, -0.2) is 20.3 Å². The number of aliphatic hydroxyl groups is 1. The molecule has 4 heteroatoms. The van der Waals surface area contributed by atoms with E-state index in [0.29, 0.717) is 6.42 Å². The molecule has 1 N–H and O–H groups in total. The second-order valence-electron chi connectivity index (χ2n) is 4.32. The lowest BCUT2D eigenvalue weighted by atomic mass is 10.00. The molecule has 0 saturated carbocycles. The summed E-state index contributed by atoms with van der Waals surface area (Å²) in [7, 11) is 0. The number of hydrogen-bond acceptors (Lipinski definition) is 4. The first-order chi connectivity index (χ1) is 8.70. The van der Waals surface area contributed by atoms with Gasteiger partial charge in [-0.3, -0.25) is 4.98 Å². The summed E-state index contributed by atoms with van der Waals surface area (Å²) in [5, 5.41) is 18.5. The highest BCUT2D eigenvalue weighted by atomic mass is 16.3. The van der Waals surface area contributed by atoms with E-state index >= 15 is 0 Å². The van der Waals surface area contributed by atoms with Gasteiger partial charge in [0.15, 0.2) is 0 Å². The number of aliphatic hydroxyl groups excluding tert-OH is 1. The van der Waals surface area contributed by atoms with Gasteiger partial charge in [-0.25, -0.2) is 0 Å². The molecule has 0 aliphatic heterocycles. The number of aromatic nitrogens is 3. The van der Waals surface area contributed by atoms with E-state index in [1.54, 1.807) is 12.4 Å². The molecule has 0 fully saturated rings. The molecule has 2 heterocycles. The van der Waals surface area contributed by atoms with Gasteiger partial charge < -0.3 is 5.11 Å². The van der Waals surface area contributed by atoms with Crippen LogP contribution in [0, 0.1) is 6.92 Å². The zero-order chi connectivity index (χ0) is 13.0. The van der Waals surface area contributed by atoms with Crippen molar-refractivity contribution in [2.45, 2.75) is 32.8 Å². The van der Waals surface area contributed by atoms with Crippen LogP contribution in [0.15, 0.2) is 30.6 Å². The van der Waals surface area contributed by atoms with Crippen molar-refractivity contribution in [1.82, 2.24) is 15.2 Å². The van der Waals surface area contributed by atoms with Crippen LogP contribution in [-0.2, 0) is 12.8 Å². The number of nitrogens with zero attached hydrogens (tertiary/aromatic N) is 3. The van der Waals surface area contributed by atoms with Gasteiger partial charge in [0.05, 0.1) is 17.5 Å². The first kappa shape index (κ1) is 12.6. The summed E-state index contributed by atoms with van der Waals surface area (Å²) in [6.45, 7) is 3.90. The first-order valence-corrected chi connectivity index (χ1v) is 6.10. The Morgan fingerprint density at radius 2 is 2.17 bits per heavy atom. The molecule has 2 aromatic rings. The molecule has 4 nitrogen and oxygen atoms in total. The Kier molecular flexibility index (Phi) is 3.99. The minimum Gasteiger partial charge on any atom is -0.388 e. The SMILES string of the molecule is CCc1nnc(C)cc1C(O)Cc1cccnc1. The fourth-order valence-corrected chi connectivity index (χ4v) is 1.95. The van der Waals surface area contributed by atoms with Crippen LogP contribution in [0.5, 0.6) is 0 Å². The van der Waals surface area contributed by atoms with E-state index in [9.17, 15) is 5.11 Å². The molecule has 2 aromatic heterocycles. The average molecular weight is 243 g/mol. The maximum absolute atomic E-state index is 10.3. The highest BCUT2D eigenvalue weighted by Gasteiger charge is 2.14. The maximum Gasteiger partial charge on any atom is 0.0849 e. The molecule has 0 aliphatic carbocycles. The number of aryl methyl sites for hydroxylation is 2. The summed E-state index contributed by atoms with van der Waals surface area (Å²) in [5.41, 5.74) is 3.57. The summed E-state index contributed by atoms with van der Waals surface area (Å²) in [4.78, 5) is 4.05. The molecular formula is C14H17N3O. The lowest BCUT2D eigenvalue weighted by Crippen LogP contribution is -2.09. The molecule has 2 rings (SSSR count). The molecule has 0 spiro atoms. The zero-order valence-electron chi connectivity index (χ0n) is 10.7. The topological polar surface area (TPSA) is 58.9 Å². The smallest absolute Gasteiger partial charge is 0.0849 e. The molecular weight excluding hydrogens is 226 g/mol. The Labute approximate surface area is 107 Å². The second-order valence-corrected chi connectivity index (χ2v) is 4.32. The Morgan fingerprint density at radius 3 is 2.83 bits per heavy atom. The third-order valence-electron chi connectivity index (χ3n) is 2.87. The molecule has 0 aliphatic rings. The van der Waals surface area contributed by atoms with E-state index < -0.39 is 6.10 Å². The van der Waals surface area contributed by atoms with Crippen molar-refractivity contribution >= 4 is 0 Å². The third kappa shape index (κ3) is 2.90. The summed E-state index contributed by atoms with van der Waals surface area (Å²) in [6.07, 6.45) is 4.26. The van der Waals surface area contributed by atoms with E-state index in [0.717, 1.165) is 28.9 Å². The lowest BCUT2D eigenvalue weighted by Gasteiger charge is -2.14. The van der Waals surface area contributed by atoms with Crippen molar-refractivity contribution in [2.24, 2.45) is 0 Å². The lowest BCUT2D eigenvalue weighted by molar-refractivity contribution is 0.176. The first-order valence-electron chi connectivity index (χ1n) is 6.10. The number of hydrogen-bond donors (Lipinski definition) is 1. The van der Waals surface area contributed by atoms with Crippen LogP contribution in [0.4, 0.5) is 0 Å². The predicted octanol–water partition coefficient (Wildman–Crippen LogP) is 2.02. The van der Waals surface area contributed by atoms with E-state index in [2.05, 4.69) is 15.2 Å². The fourth-order valence-electron chi connectivity index (χ4n) is 1.95. The van der Waals surface area contributed by atoms with Gasteiger partial charge in [-0.2, -0.15) is 10.2 Å². The van der Waals surface area contributed by atoms with Crippen molar-refractivity contribution in [1.29, 1.82) is 0 Å². The highest BCUT2D eigenvalue weighted by molar-refractivity contribution is 5.25. The molecule has 94 valence electrons. The molecule has 0 radical (unpaired) electrons. The Balaban J connectivity index is 2.23. The number of pyridine rings is 1. The average Bonchev–Trinajstić information content (AvgIpc) is 2.40. The van der Waals surface area contributed by atoms with Gasteiger partial charge in [-0.15, -0.1) is 0 Å². The Morgan fingerprint density at radius 1 is 1.33 bits per heavy atom. The van der Waals surface area contributed by atoms with Gasteiger partial charge in [0.25, 0.3) is 0 Å². The zero-order valence-corrected chi connectivity index (χ0v) is 10.7. The Hall–Kier alpha value is -1.81. The minimum atomic E-state index is -0.557. The van der Waals surface area contributed by atoms with Crippen LogP contribution in [0.25, 0.3) is 0 Å². The molecule has 18 heavy (non-hydrogen) atoms. The van der Waals surface area contributed by atoms with Gasteiger partial charge in [0.2, 0.25) is 0 Å². The van der Waals surface area contributed by atoms with Crippen LogP contribution < -0.4 is 0 Å². The minimum absolute atomic E-state index is 0.548. The maximum atomic E-state index is 10.3. The molecule has 0 aromatic carbocycles. The van der Waals surface area contributed by atoms with E-state index in [1.165, 1.54) is 0 Å². The molecule has 0 amide bonds. The molecule has 0 saturated heterocycles. The van der Waals surface area contributed by atoms with Crippen molar-refractivity contribution in [2.75, 3.05) is 0 Å². The molecule has 0 bridgehead atoms. The van der Waals surface area contributed by atoms with Crippen LogP contribution in [0.2, 0.25) is 0 Å². The van der Waals surface area contributed by atoms with Gasteiger partial charge in [0, 0.05) is 24.4 Å². The van der Waals surface area contributed by atoms with Crippen LogP contribution >= 0.6 is 0 Å². The molecule has 1 unspecified atom stereocenters. The molecule has 1 atom stereocenters. The quantitative estimate of drug-likeness (QED) is 0.892. The number of rotatable bonds is 4. The van der Waals surface area contributed by atoms with E-state index in [-0.39, 0.29) is 0 Å². The predicted molar refractivity (Wildman–Crippen MR) is 69.0 cm³/mol. The van der Waals surface area contributed by atoms with Crippen molar-refractivity contribution in [3.05, 3.63) is 53.1 Å². The van der Waals surface area contributed by atoms with E-state index in [4.69, 9.17) is 0 Å². The second kappa shape index (κ2) is 5.69. The van der Waals surface area contributed by atoms with Gasteiger partial charge in [0.1, 0.15) is 0 Å². The van der Waals surface area contributed by atoms with Crippen molar-refractivity contribution in [3.8, 4) is 0 Å². The van der Waals surface area contributed by atoms with Crippen LogP contribution in [0.3, 0.4) is 0 Å². The standard InChI is InChI=1S/C14H17N3O/c1-3-13-12(7-10(2)16-17-13)14(18)8-11-5-4-6-15-9-11/h4-7,9,14,18H,3,8H2,1-2H3. The summed E-state index contributed by atoms with van der Waals surface area (Å²) < 4.78 is 0. The Bertz CT molecular complexity index is 514. The van der Waals surface area contributed by atoms with Gasteiger partial charge >= 0.3 is 0 Å². The fraction of sp³-hybridized carbons (Fsp3) is 0.357. The van der Waals surface area contributed by atoms with Crippen LogP contribution in [0.1, 0.15) is 35.5 Å². The van der Waals surface area contributed by atoms with Crippen molar-refractivity contribution < 1.29 is 5.11 Å². The monoisotopic (exact) mass is 243 g/mol. The summed E-state index contributed by atoms with van der Waals surface area (Å²) in [5.74, 6) is 0. The summed E-state index contributed by atoms with van der Waals surface area (Å²) in [6, 6.07) is 5.75. The normalized spacial score (nSPS) is 12.4. The largest absolute Gasteiger partial charge is 0.388 e. The van der Waals surface area contributed by atoms with E-state index in [1.807, 2.05) is 32.0 Å². The van der Waals surface area contributed by atoms with Gasteiger partial charge in [-0.05, 0) is 31.0 Å². The van der Waals surface area contributed by atoms with Gasteiger partial charge in [-0.1, -0.05) is 13.0 Å². The third-order valence-corrected chi connectivity index (χ3v) is 2.87. The summed E-state index contributed by atoms with van der Waals surface area (Å²) >= 11 is 0. The highest BCUT2D eigenvalue weighted by Crippen LogP contribution is 2.21.